The molecule has 2 aromatic carbocycles. The molecule has 2 amide bonds. The molecule has 138 valence electrons. The number of nitrogens with one attached hydrogen (secondary N) is 1. The number of nitrogens with zero attached hydrogens (tertiary/aromatic N) is 1. The molecule has 0 bridgehead atoms. The molecule has 1 aromatic heterocycles. The average Bonchev–Trinajstić information content (AvgIpc) is 3.16. The van der Waals surface area contributed by atoms with Gasteiger partial charge in [-0.15, -0.1) is 0 Å². The van der Waals surface area contributed by atoms with Crippen LogP contribution in [0.1, 0.15) is 29.1 Å². The Hall–Kier alpha value is -3.13. The van der Waals surface area contributed by atoms with Crippen molar-refractivity contribution in [2.24, 2.45) is 0 Å². The first-order valence-electron chi connectivity index (χ1n) is 8.32. The summed E-state index contributed by atoms with van der Waals surface area (Å²) in [5.41, 5.74) is 0.775. The van der Waals surface area contributed by atoms with Crippen molar-refractivity contribution in [3.05, 3.63) is 65.9 Å². The first kappa shape index (κ1) is 17.3. The summed E-state index contributed by atoms with van der Waals surface area (Å²) in [6, 6.07) is 14.7. The molecule has 0 fully saturated rings. The molecule has 0 unspecified atom stereocenters. The van der Waals surface area contributed by atoms with Gasteiger partial charge in [-0.3, -0.25) is 9.59 Å². The van der Waals surface area contributed by atoms with Crippen LogP contribution in [0.2, 0.25) is 0 Å². The molecular formula is C19H16N2O5S. The van der Waals surface area contributed by atoms with Crippen LogP contribution in [0.5, 0.6) is 0 Å². The van der Waals surface area contributed by atoms with Crippen LogP contribution in [0.3, 0.4) is 0 Å². The molecular weight excluding hydrogens is 368 g/mol. The van der Waals surface area contributed by atoms with E-state index in [0.717, 1.165) is 5.39 Å². The van der Waals surface area contributed by atoms with E-state index in [-0.39, 0.29) is 10.5 Å². The van der Waals surface area contributed by atoms with E-state index < -0.39 is 34.4 Å². The van der Waals surface area contributed by atoms with Crippen LogP contribution in [-0.4, -0.2) is 31.1 Å². The lowest BCUT2D eigenvalue weighted by Gasteiger charge is -2.17. The second-order valence-corrected chi connectivity index (χ2v) is 8.12. The fourth-order valence-electron chi connectivity index (χ4n) is 3.09. The van der Waals surface area contributed by atoms with Crippen LogP contribution in [0, 0.1) is 0 Å². The Morgan fingerprint density at radius 3 is 2.59 bits per heavy atom. The van der Waals surface area contributed by atoms with Gasteiger partial charge in [0.25, 0.3) is 15.9 Å². The highest BCUT2D eigenvalue weighted by Crippen LogP contribution is 2.29. The van der Waals surface area contributed by atoms with E-state index in [1.807, 2.05) is 30.3 Å². The average molecular weight is 384 g/mol. The molecule has 0 saturated heterocycles. The number of furan rings is 1. The molecule has 1 N–H and O–H groups in total. The summed E-state index contributed by atoms with van der Waals surface area (Å²) in [6.45, 7) is 1.14. The van der Waals surface area contributed by atoms with Gasteiger partial charge in [-0.2, -0.15) is 0 Å². The summed E-state index contributed by atoms with van der Waals surface area (Å²) in [6.07, 6.45) is 0. The van der Waals surface area contributed by atoms with Crippen LogP contribution < -0.4 is 5.32 Å². The first-order valence-corrected chi connectivity index (χ1v) is 9.76. The minimum absolute atomic E-state index is 0.0758. The second kappa shape index (κ2) is 6.24. The van der Waals surface area contributed by atoms with Crippen LogP contribution >= 0.6 is 0 Å². The van der Waals surface area contributed by atoms with E-state index in [1.165, 1.54) is 18.2 Å². The lowest BCUT2D eigenvalue weighted by Crippen LogP contribution is -2.41. The number of hydrogen-bond acceptors (Lipinski definition) is 5. The molecule has 7 nitrogen and oxygen atoms in total. The summed E-state index contributed by atoms with van der Waals surface area (Å²) >= 11 is 0. The first-order chi connectivity index (χ1) is 12.9. The number of fused-ring (bicyclic) bond motifs is 2. The third kappa shape index (κ3) is 2.87. The third-order valence-corrected chi connectivity index (χ3v) is 6.24. The number of amides is 2. The van der Waals surface area contributed by atoms with Gasteiger partial charge in [0.1, 0.15) is 22.8 Å². The molecule has 8 heteroatoms. The Balaban J connectivity index is 1.50. The monoisotopic (exact) mass is 384 g/mol. The lowest BCUT2D eigenvalue weighted by molar-refractivity contribution is -0.121. The number of hydrogen-bond donors (Lipinski definition) is 1. The normalized spacial score (nSPS) is 16.3. The van der Waals surface area contributed by atoms with Gasteiger partial charge < -0.3 is 9.73 Å². The SMILES string of the molecule is C[C@H](NC(=O)CN1C(=O)c2ccccc2S1(=O)=O)c1cc2ccccc2o1. The number of rotatable bonds is 4. The smallest absolute Gasteiger partial charge is 0.269 e. The summed E-state index contributed by atoms with van der Waals surface area (Å²) in [5.74, 6) is -0.742. The zero-order valence-corrected chi connectivity index (χ0v) is 15.2. The summed E-state index contributed by atoms with van der Waals surface area (Å²) < 4.78 is 31.3. The van der Waals surface area contributed by atoms with Crippen molar-refractivity contribution in [2.45, 2.75) is 17.9 Å². The van der Waals surface area contributed by atoms with Crippen molar-refractivity contribution in [2.75, 3.05) is 6.54 Å². The standard InChI is InChI=1S/C19H16N2O5S/c1-12(16-10-13-6-2-4-8-15(13)26-16)20-18(22)11-21-19(23)14-7-3-5-9-17(14)27(21,24)25/h2-10,12H,11H2,1H3,(H,20,22)/t12-/m0/s1. The molecule has 0 spiro atoms. The van der Waals surface area contributed by atoms with Crippen LogP contribution in [-0.2, 0) is 14.8 Å². The number of benzene rings is 2. The van der Waals surface area contributed by atoms with Crippen LogP contribution in [0.15, 0.2) is 63.9 Å². The number of para-hydroxylation sites is 1. The molecule has 1 aliphatic heterocycles. The zero-order valence-electron chi connectivity index (χ0n) is 14.4. The predicted octanol–water partition coefficient (Wildman–Crippen LogP) is 2.45. The van der Waals surface area contributed by atoms with Crippen molar-refractivity contribution in [3.63, 3.8) is 0 Å². The Kier molecular flexibility index (Phi) is 4.00. The van der Waals surface area contributed by atoms with Crippen LogP contribution in [0.4, 0.5) is 0 Å². The largest absolute Gasteiger partial charge is 0.459 e. The van der Waals surface area contributed by atoms with Crippen LogP contribution in [0.25, 0.3) is 11.0 Å². The highest BCUT2D eigenvalue weighted by molar-refractivity contribution is 7.90. The fraction of sp³-hybridized carbons (Fsp3) is 0.158. The Labute approximate surface area is 155 Å². The van der Waals surface area contributed by atoms with Gasteiger partial charge in [0.2, 0.25) is 5.91 Å². The second-order valence-electron chi connectivity index (χ2n) is 6.29. The fourth-order valence-corrected chi connectivity index (χ4v) is 4.62. The Bertz CT molecular complexity index is 1130. The van der Waals surface area contributed by atoms with Gasteiger partial charge >= 0.3 is 0 Å². The highest BCUT2D eigenvalue weighted by atomic mass is 32.2. The van der Waals surface area contributed by atoms with Crippen molar-refractivity contribution in [3.8, 4) is 0 Å². The van der Waals surface area contributed by atoms with Crippen molar-refractivity contribution >= 4 is 32.8 Å². The lowest BCUT2D eigenvalue weighted by atomic mass is 10.2. The van der Waals surface area contributed by atoms with Crippen molar-refractivity contribution < 1.29 is 22.4 Å². The van der Waals surface area contributed by atoms with E-state index in [9.17, 15) is 18.0 Å². The topological polar surface area (TPSA) is 96.7 Å². The van der Waals surface area contributed by atoms with E-state index >= 15 is 0 Å². The van der Waals surface area contributed by atoms with E-state index in [4.69, 9.17) is 4.42 Å². The predicted molar refractivity (Wildman–Crippen MR) is 97.4 cm³/mol. The van der Waals surface area contributed by atoms with Gasteiger partial charge in [-0.05, 0) is 31.2 Å². The number of sulfonamides is 1. The Morgan fingerprint density at radius 2 is 1.85 bits per heavy atom. The molecule has 0 radical (unpaired) electrons. The Morgan fingerprint density at radius 1 is 1.15 bits per heavy atom. The maximum absolute atomic E-state index is 12.5. The molecule has 2 heterocycles. The van der Waals surface area contributed by atoms with Gasteiger partial charge in [0, 0.05) is 5.39 Å². The van der Waals surface area contributed by atoms with Crippen molar-refractivity contribution in [1.29, 1.82) is 0 Å². The summed E-state index contributed by atoms with van der Waals surface area (Å²) in [4.78, 5) is 24.7. The third-order valence-electron chi connectivity index (χ3n) is 4.45. The minimum Gasteiger partial charge on any atom is -0.459 e. The quantitative estimate of drug-likeness (QED) is 0.745. The highest BCUT2D eigenvalue weighted by Gasteiger charge is 2.41. The van der Waals surface area contributed by atoms with Gasteiger partial charge in [0.15, 0.2) is 0 Å². The molecule has 27 heavy (non-hydrogen) atoms. The van der Waals surface area contributed by atoms with Gasteiger partial charge in [-0.1, -0.05) is 30.3 Å². The van der Waals surface area contributed by atoms with Gasteiger partial charge in [-0.25, -0.2) is 12.7 Å². The van der Waals surface area contributed by atoms with E-state index in [1.54, 1.807) is 13.0 Å². The van der Waals surface area contributed by atoms with E-state index in [0.29, 0.717) is 15.6 Å². The number of carbonyl (C=O) groups excluding carboxylic acids is 2. The van der Waals surface area contributed by atoms with E-state index in [2.05, 4.69) is 5.32 Å². The minimum atomic E-state index is -4.01. The number of carbonyl (C=O) groups is 2. The summed E-state index contributed by atoms with van der Waals surface area (Å²) in [7, 11) is -4.01. The molecule has 3 aromatic rings. The summed E-state index contributed by atoms with van der Waals surface area (Å²) in [5, 5.41) is 3.58. The van der Waals surface area contributed by atoms with Crippen molar-refractivity contribution in [1.82, 2.24) is 9.62 Å². The molecule has 0 aliphatic carbocycles. The molecule has 1 aliphatic rings. The zero-order chi connectivity index (χ0) is 19.2. The molecule has 1 atom stereocenters. The van der Waals surface area contributed by atoms with Gasteiger partial charge in [0.05, 0.1) is 11.6 Å². The maximum atomic E-state index is 12.5. The molecule has 0 saturated carbocycles. The maximum Gasteiger partial charge on any atom is 0.269 e. The molecule has 4 rings (SSSR count).